The molecular formula is C31H23Cl2F5N2O7. The van der Waals surface area contributed by atoms with Crippen LogP contribution in [0.2, 0.25) is 0 Å². The minimum atomic E-state index is -2.64. The molecule has 4 amide bonds. The summed E-state index contributed by atoms with van der Waals surface area (Å²) in [5, 5.41) is 10.3. The zero-order valence-corrected chi connectivity index (χ0v) is 26.1. The second-order valence-corrected chi connectivity index (χ2v) is 12.8. The number of hydrogen-bond donors (Lipinski definition) is 1. The number of fused-ring (bicyclic) bond motifs is 4. The summed E-state index contributed by atoms with van der Waals surface area (Å²) >= 11 is 14.0. The Labute approximate surface area is 273 Å². The van der Waals surface area contributed by atoms with Crippen LogP contribution in [0.1, 0.15) is 18.4 Å². The lowest BCUT2D eigenvalue weighted by Crippen LogP contribution is -2.60. The van der Waals surface area contributed by atoms with Crippen molar-refractivity contribution in [3.8, 4) is 17.2 Å². The summed E-state index contributed by atoms with van der Waals surface area (Å²) in [5.74, 6) is -21.2. The molecule has 6 rings (SSSR count). The van der Waals surface area contributed by atoms with Gasteiger partial charge in [0, 0.05) is 13.0 Å². The average Bonchev–Trinajstić information content (AvgIpc) is 3.36. The van der Waals surface area contributed by atoms with Crippen LogP contribution in [0.15, 0.2) is 29.9 Å². The number of imide groups is 2. The number of benzene rings is 2. The van der Waals surface area contributed by atoms with Crippen LogP contribution >= 0.6 is 23.2 Å². The van der Waals surface area contributed by atoms with E-state index in [-0.39, 0.29) is 28.6 Å². The number of phenolic OH excluding ortho intramolecular Hbond substituents is 1. The fourth-order valence-electron chi connectivity index (χ4n) is 7.19. The van der Waals surface area contributed by atoms with Gasteiger partial charge in [-0.05, 0) is 36.5 Å². The van der Waals surface area contributed by atoms with Gasteiger partial charge in [-0.2, -0.15) is 0 Å². The maximum Gasteiger partial charge on any atom is 0.258 e. The highest BCUT2D eigenvalue weighted by Crippen LogP contribution is 2.63. The number of likely N-dealkylation sites (tertiary alicyclic amines) is 1. The van der Waals surface area contributed by atoms with Gasteiger partial charge >= 0.3 is 0 Å². The molecule has 2 saturated heterocycles. The SMILES string of the molecule is COc1cc(C=CC2C3=CCC4C(=O)N(C)C(=O)C4C3CC3(Cl)C(=O)N(c4c(F)c(F)c(F)c(F)c4F)C(=O)C23Cl)cc(OC)c1O. The molecule has 9 nitrogen and oxygen atoms in total. The van der Waals surface area contributed by atoms with Gasteiger partial charge in [0.2, 0.25) is 23.4 Å². The number of amides is 4. The Morgan fingerprint density at radius 2 is 1.43 bits per heavy atom. The summed E-state index contributed by atoms with van der Waals surface area (Å²) in [5.41, 5.74) is -1.26. The minimum Gasteiger partial charge on any atom is -0.502 e. The van der Waals surface area contributed by atoms with E-state index in [2.05, 4.69) is 0 Å². The number of carbonyl (C=O) groups is 4. The summed E-state index contributed by atoms with van der Waals surface area (Å²) in [6, 6.07) is 2.76. The zero-order valence-electron chi connectivity index (χ0n) is 24.5. The molecule has 2 aliphatic heterocycles. The number of anilines is 1. The van der Waals surface area contributed by atoms with Crippen LogP contribution in [0.5, 0.6) is 17.2 Å². The number of aromatic hydroxyl groups is 1. The van der Waals surface area contributed by atoms with Crippen LogP contribution in [-0.2, 0) is 19.2 Å². The third-order valence-corrected chi connectivity index (χ3v) is 10.9. The number of allylic oxidation sites excluding steroid dienone is 3. The Bertz CT molecular complexity index is 1820. The topological polar surface area (TPSA) is 113 Å². The maximum absolute atomic E-state index is 15.1. The lowest BCUT2D eigenvalue weighted by atomic mass is 9.57. The van der Waals surface area contributed by atoms with E-state index >= 15 is 8.78 Å². The molecule has 2 aliphatic carbocycles. The molecule has 6 unspecified atom stereocenters. The van der Waals surface area contributed by atoms with Gasteiger partial charge in [0.1, 0.15) is 5.69 Å². The first kappa shape index (κ1) is 32.8. The van der Waals surface area contributed by atoms with Crippen molar-refractivity contribution in [2.24, 2.45) is 23.7 Å². The van der Waals surface area contributed by atoms with Crippen LogP contribution in [0.3, 0.4) is 0 Å². The van der Waals surface area contributed by atoms with Gasteiger partial charge in [-0.15, -0.1) is 23.2 Å². The molecule has 6 atom stereocenters. The molecule has 248 valence electrons. The van der Waals surface area contributed by atoms with Crippen LogP contribution in [0, 0.1) is 52.8 Å². The summed E-state index contributed by atoms with van der Waals surface area (Å²) < 4.78 is 83.0. The Kier molecular flexibility index (Phi) is 7.63. The van der Waals surface area contributed by atoms with Gasteiger partial charge in [-0.3, -0.25) is 24.1 Å². The number of hydrogen-bond acceptors (Lipinski definition) is 7. The number of methoxy groups -OCH3 is 2. The molecule has 0 aromatic heterocycles. The monoisotopic (exact) mass is 700 g/mol. The maximum atomic E-state index is 15.1. The van der Waals surface area contributed by atoms with Crippen molar-refractivity contribution in [1.82, 2.24) is 4.90 Å². The van der Waals surface area contributed by atoms with Crippen LogP contribution < -0.4 is 14.4 Å². The highest BCUT2D eigenvalue weighted by molar-refractivity contribution is 6.58. The summed E-state index contributed by atoms with van der Waals surface area (Å²) in [6.07, 6.45) is 3.72. The number of phenols is 1. The number of rotatable bonds is 5. The fraction of sp³-hybridized carbons (Fsp3) is 0.355. The second-order valence-electron chi connectivity index (χ2n) is 11.6. The molecule has 0 bridgehead atoms. The van der Waals surface area contributed by atoms with E-state index in [1.54, 1.807) is 6.08 Å². The number of nitrogens with zero attached hydrogens (tertiary/aromatic N) is 2. The van der Waals surface area contributed by atoms with Crippen LogP contribution in [0.4, 0.5) is 27.6 Å². The van der Waals surface area contributed by atoms with Crippen molar-refractivity contribution in [2.75, 3.05) is 26.2 Å². The molecule has 16 heteroatoms. The molecule has 0 spiro atoms. The van der Waals surface area contributed by atoms with E-state index in [1.165, 1.54) is 45.6 Å². The van der Waals surface area contributed by atoms with Crippen molar-refractivity contribution in [2.45, 2.75) is 22.6 Å². The highest BCUT2D eigenvalue weighted by Gasteiger charge is 2.76. The van der Waals surface area contributed by atoms with Gasteiger partial charge < -0.3 is 14.6 Å². The fourth-order valence-corrected chi connectivity index (χ4v) is 8.08. The Hall–Kier alpha value is -4.17. The van der Waals surface area contributed by atoms with Crippen LogP contribution in [-0.4, -0.2) is 64.7 Å². The summed E-state index contributed by atoms with van der Waals surface area (Å²) in [6.45, 7) is 0. The Morgan fingerprint density at radius 1 is 0.872 bits per heavy atom. The first-order chi connectivity index (χ1) is 22.1. The van der Waals surface area contributed by atoms with Gasteiger partial charge in [0.15, 0.2) is 44.5 Å². The minimum absolute atomic E-state index is 0.0137. The molecule has 4 aliphatic rings. The van der Waals surface area contributed by atoms with Gasteiger partial charge in [0.25, 0.3) is 11.8 Å². The van der Waals surface area contributed by atoms with Gasteiger partial charge in [-0.25, -0.2) is 26.9 Å². The van der Waals surface area contributed by atoms with Crippen molar-refractivity contribution in [3.63, 3.8) is 0 Å². The van der Waals surface area contributed by atoms with Crippen molar-refractivity contribution in [3.05, 3.63) is 64.5 Å². The smallest absolute Gasteiger partial charge is 0.258 e. The Balaban J connectivity index is 1.57. The third kappa shape index (κ3) is 4.19. The molecule has 1 N–H and O–H groups in total. The summed E-state index contributed by atoms with van der Waals surface area (Å²) in [7, 11) is 3.84. The predicted molar refractivity (Wildman–Crippen MR) is 155 cm³/mol. The molecule has 2 aromatic rings. The number of carbonyl (C=O) groups excluding carboxylic acids is 4. The van der Waals surface area contributed by atoms with E-state index in [0.29, 0.717) is 11.1 Å². The molecular weight excluding hydrogens is 678 g/mol. The van der Waals surface area contributed by atoms with E-state index in [4.69, 9.17) is 32.7 Å². The van der Waals surface area contributed by atoms with Crippen LogP contribution in [0.25, 0.3) is 6.08 Å². The van der Waals surface area contributed by atoms with Crippen molar-refractivity contribution in [1.29, 1.82) is 0 Å². The van der Waals surface area contributed by atoms with E-state index < -0.39 is 98.2 Å². The number of alkyl halides is 2. The van der Waals surface area contributed by atoms with Crippen molar-refractivity contribution >= 4 is 58.6 Å². The Morgan fingerprint density at radius 3 is 1.98 bits per heavy atom. The lowest BCUT2D eigenvalue weighted by molar-refractivity contribution is -0.138. The van der Waals surface area contributed by atoms with E-state index in [9.17, 15) is 37.5 Å². The number of halogens is 7. The summed E-state index contributed by atoms with van der Waals surface area (Å²) in [4.78, 5) is 49.9. The largest absolute Gasteiger partial charge is 0.502 e. The molecule has 2 aromatic carbocycles. The average molecular weight is 701 g/mol. The quantitative estimate of drug-likeness (QED) is 0.119. The molecule has 3 fully saturated rings. The van der Waals surface area contributed by atoms with Gasteiger partial charge in [-0.1, -0.05) is 23.8 Å². The predicted octanol–water partition coefficient (Wildman–Crippen LogP) is 4.84. The molecule has 1 saturated carbocycles. The lowest BCUT2D eigenvalue weighted by Gasteiger charge is -2.49. The highest BCUT2D eigenvalue weighted by atomic mass is 35.5. The zero-order chi connectivity index (χ0) is 34.5. The molecule has 0 radical (unpaired) electrons. The van der Waals surface area contributed by atoms with Gasteiger partial charge in [0.05, 0.1) is 26.1 Å². The van der Waals surface area contributed by atoms with E-state index in [1.807, 2.05) is 0 Å². The first-order valence-electron chi connectivity index (χ1n) is 14.0. The molecule has 2 heterocycles. The van der Waals surface area contributed by atoms with Crippen molar-refractivity contribution < 1.29 is 55.7 Å². The normalized spacial score (nSPS) is 30.1. The number of ether oxygens (including phenoxy) is 2. The van der Waals surface area contributed by atoms with E-state index in [0.717, 1.165) is 4.90 Å². The first-order valence-corrected chi connectivity index (χ1v) is 14.7. The third-order valence-electron chi connectivity index (χ3n) is 9.48. The standard InChI is InChI=1S/C31H23Cl2F5N2O7/c1-39-26(42)13-6-5-12-14(18(13)27(39)43)10-30(32)28(44)40(24-22(37)20(35)19(34)21(36)23(24)38)29(45)31(30,33)15(12)7-4-11-8-16(46-2)25(41)17(9-11)47-3/h4-5,7-9,13-15,18,41H,6,10H2,1-3H3. The molecule has 47 heavy (non-hydrogen) atoms. The second kappa shape index (κ2) is 10.9.